The lowest BCUT2D eigenvalue weighted by molar-refractivity contribution is -0.158. The van der Waals surface area contributed by atoms with Crippen LogP contribution in [0.15, 0.2) is 0 Å². The number of hydrogen-bond acceptors (Lipinski definition) is 2. The van der Waals surface area contributed by atoms with Gasteiger partial charge in [-0.2, -0.15) is 0 Å². The first kappa shape index (κ1) is 11.0. The number of rotatable bonds is 3. The highest BCUT2D eigenvalue weighted by Gasteiger charge is 2.41. The number of aliphatic carboxylic acids is 2. The van der Waals surface area contributed by atoms with Gasteiger partial charge in [-0.25, -0.2) is 0 Å². The van der Waals surface area contributed by atoms with E-state index in [-0.39, 0.29) is 5.92 Å². The Kier molecular flexibility index (Phi) is 3.49. The van der Waals surface area contributed by atoms with Gasteiger partial charge in [0.1, 0.15) is 0 Å². The van der Waals surface area contributed by atoms with Gasteiger partial charge in [-0.05, 0) is 18.8 Å². The van der Waals surface area contributed by atoms with Crippen molar-refractivity contribution in [2.75, 3.05) is 0 Å². The SMILES string of the molecule is CC[C@@H]1CCC[C@H](C(=O)O)[C@@H]1C(=O)O. The van der Waals surface area contributed by atoms with Crippen molar-refractivity contribution in [1.29, 1.82) is 0 Å². The van der Waals surface area contributed by atoms with Crippen molar-refractivity contribution < 1.29 is 19.8 Å². The maximum absolute atomic E-state index is 11.0. The first-order valence-corrected chi connectivity index (χ1v) is 5.03. The predicted molar refractivity (Wildman–Crippen MR) is 49.9 cm³/mol. The monoisotopic (exact) mass is 200 g/mol. The van der Waals surface area contributed by atoms with Crippen LogP contribution in [0.1, 0.15) is 32.6 Å². The summed E-state index contributed by atoms with van der Waals surface area (Å²) < 4.78 is 0. The summed E-state index contributed by atoms with van der Waals surface area (Å²) >= 11 is 0. The van der Waals surface area contributed by atoms with E-state index in [9.17, 15) is 9.59 Å². The zero-order valence-corrected chi connectivity index (χ0v) is 8.27. The van der Waals surface area contributed by atoms with E-state index in [4.69, 9.17) is 10.2 Å². The van der Waals surface area contributed by atoms with Crippen LogP contribution in [-0.2, 0) is 9.59 Å². The van der Waals surface area contributed by atoms with Gasteiger partial charge >= 0.3 is 11.9 Å². The van der Waals surface area contributed by atoms with Crippen LogP contribution in [0.5, 0.6) is 0 Å². The molecule has 2 N–H and O–H groups in total. The highest BCUT2D eigenvalue weighted by atomic mass is 16.4. The van der Waals surface area contributed by atoms with Crippen LogP contribution in [0.2, 0.25) is 0 Å². The Morgan fingerprint density at radius 3 is 2.29 bits per heavy atom. The first-order valence-electron chi connectivity index (χ1n) is 5.03. The van der Waals surface area contributed by atoms with Gasteiger partial charge in [-0.3, -0.25) is 9.59 Å². The van der Waals surface area contributed by atoms with Crippen LogP contribution in [0, 0.1) is 17.8 Å². The second-order valence-corrected chi connectivity index (χ2v) is 3.91. The molecule has 14 heavy (non-hydrogen) atoms. The molecular weight excluding hydrogens is 184 g/mol. The molecule has 1 saturated carbocycles. The number of carboxylic acid groups (broad SMARTS) is 2. The zero-order chi connectivity index (χ0) is 10.7. The molecule has 3 atom stereocenters. The van der Waals surface area contributed by atoms with Crippen molar-refractivity contribution in [1.82, 2.24) is 0 Å². The largest absolute Gasteiger partial charge is 0.481 e. The Hall–Kier alpha value is -1.06. The molecule has 1 fully saturated rings. The van der Waals surface area contributed by atoms with Crippen molar-refractivity contribution in [3.8, 4) is 0 Å². The summed E-state index contributed by atoms with van der Waals surface area (Å²) in [4.78, 5) is 21.8. The van der Waals surface area contributed by atoms with Crippen LogP contribution in [0.4, 0.5) is 0 Å². The van der Waals surface area contributed by atoms with Crippen molar-refractivity contribution in [2.24, 2.45) is 17.8 Å². The Balaban J connectivity index is 2.83. The second kappa shape index (κ2) is 4.44. The van der Waals surface area contributed by atoms with Crippen LogP contribution in [-0.4, -0.2) is 22.2 Å². The molecule has 1 aliphatic rings. The third kappa shape index (κ3) is 2.05. The molecule has 1 rings (SSSR count). The van der Waals surface area contributed by atoms with E-state index in [0.29, 0.717) is 6.42 Å². The van der Waals surface area contributed by atoms with Gasteiger partial charge in [-0.15, -0.1) is 0 Å². The van der Waals surface area contributed by atoms with Gasteiger partial charge in [0.2, 0.25) is 0 Å². The van der Waals surface area contributed by atoms with Gasteiger partial charge in [0.25, 0.3) is 0 Å². The molecule has 0 aromatic heterocycles. The van der Waals surface area contributed by atoms with Crippen LogP contribution in [0.3, 0.4) is 0 Å². The summed E-state index contributed by atoms with van der Waals surface area (Å²) in [6.07, 6.45) is 2.93. The fourth-order valence-corrected chi connectivity index (χ4v) is 2.40. The number of carbonyl (C=O) groups is 2. The third-order valence-corrected chi connectivity index (χ3v) is 3.16. The predicted octanol–water partition coefficient (Wildman–Crippen LogP) is 1.60. The molecule has 0 saturated heterocycles. The maximum Gasteiger partial charge on any atom is 0.307 e. The molecule has 0 aromatic rings. The summed E-state index contributed by atoms with van der Waals surface area (Å²) in [7, 11) is 0. The van der Waals surface area contributed by atoms with E-state index < -0.39 is 23.8 Å². The standard InChI is InChI=1S/C10H16O4/c1-2-6-4-3-5-7(9(11)12)8(6)10(13)14/h6-8H,2-5H2,1H3,(H,11,12)(H,13,14)/t6-,7+,8-/m1/s1. The van der Waals surface area contributed by atoms with Crippen molar-refractivity contribution in [3.05, 3.63) is 0 Å². The summed E-state index contributed by atoms with van der Waals surface area (Å²) in [5.41, 5.74) is 0. The van der Waals surface area contributed by atoms with E-state index in [0.717, 1.165) is 19.3 Å². The van der Waals surface area contributed by atoms with Crippen LogP contribution < -0.4 is 0 Å². The fraction of sp³-hybridized carbons (Fsp3) is 0.800. The van der Waals surface area contributed by atoms with Gasteiger partial charge in [0, 0.05) is 0 Å². The molecule has 0 aliphatic heterocycles. The lowest BCUT2D eigenvalue weighted by Crippen LogP contribution is -2.38. The third-order valence-electron chi connectivity index (χ3n) is 3.16. The first-order chi connectivity index (χ1) is 6.57. The summed E-state index contributed by atoms with van der Waals surface area (Å²) in [5, 5.41) is 17.9. The van der Waals surface area contributed by atoms with Gasteiger partial charge in [-0.1, -0.05) is 19.8 Å². The molecule has 0 amide bonds. The summed E-state index contributed by atoms with van der Waals surface area (Å²) in [6, 6.07) is 0. The van der Waals surface area contributed by atoms with Crippen molar-refractivity contribution >= 4 is 11.9 Å². The fourth-order valence-electron chi connectivity index (χ4n) is 2.40. The molecule has 0 unspecified atom stereocenters. The van der Waals surface area contributed by atoms with E-state index >= 15 is 0 Å². The highest BCUT2D eigenvalue weighted by Crippen LogP contribution is 2.37. The molecule has 80 valence electrons. The van der Waals surface area contributed by atoms with Crippen LogP contribution >= 0.6 is 0 Å². The molecule has 0 heterocycles. The number of carboxylic acids is 2. The molecular formula is C10H16O4. The van der Waals surface area contributed by atoms with Crippen molar-refractivity contribution in [3.63, 3.8) is 0 Å². The average molecular weight is 200 g/mol. The van der Waals surface area contributed by atoms with E-state index in [1.807, 2.05) is 6.92 Å². The smallest absolute Gasteiger partial charge is 0.307 e. The van der Waals surface area contributed by atoms with Crippen molar-refractivity contribution in [2.45, 2.75) is 32.6 Å². The quantitative estimate of drug-likeness (QED) is 0.725. The molecule has 0 bridgehead atoms. The van der Waals surface area contributed by atoms with Crippen LogP contribution in [0.25, 0.3) is 0 Å². The molecule has 0 spiro atoms. The molecule has 1 aliphatic carbocycles. The lowest BCUT2D eigenvalue weighted by Gasteiger charge is -2.32. The minimum Gasteiger partial charge on any atom is -0.481 e. The number of hydrogen-bond donors (Lipinski definition) is 2. The van der Waals surface area contributed by atoms with E-state index in [2.05, 4.69) is 0 Å². The highest BCUT2D eigenvalue weighted by molar-refractivity contribution is 5.80. The van der Waals surface area contributed by atoms with E-state index in [1.54, 1.807) is 0 Å². The van der Waals surface area contributed by atoms with Gasteiger partial charge < -0.3 is 10.2 Å². The molecule has 4 nitrogen and oxygen atoms in total. The molecule has 0 aromatic carbocycles. The Labute approximate surface area is 82.9 Å². The second-order valence-electron chi connectivity index (χ2n) is 3.91. The van der Waals surface area contributed by atoms with Gasteiger partial charge in [0.05, 0.1) is 11.8 Å². The summed E-state index contributed by atoms with van der Waals surface area (Å²) in [5.74, 6) is -3.26. The lowest BCUT2D eigenvalue weighted by atomic mass is 9.71. The average Bonchev–Trinajstić information content (AvgIpc) is 2.16. The maximum atomic E-state index is 11.0. The summed E-state index contributed by atoms with van der Waals surface area (Å²) in [6.45, 7) is 1.92. The topological polar surface area (TPSA) is 74.6 Å². The molecule has 0 radical (unpaired) electrons. The molecule has 4 heteroatoms. The zero-order valence-electron chi connectivity index (χ0n) is 8.27. The Morgan fingerprint density at radius 1 is 1.21 bits per heavy atom. The Morgan fingerprint density at radius 2 is 1.86 bits per heavy atom. The minimum atomic E-state index is -0.962. The van der Waals surface area contributed by atoms with Gasteiger partial charge in [0.15, 0.2) is 0 Å². The van der Waals surface area contributed by atoms with E-state index in [1.165, 1.54) is 0 Å². The Bertz CT molecular complexity index is 236. The minimum absolute atomic E-state index is 0.0300. The normalized spacial score (nSPS) is 32.5.